The summed E-state index contributed by atoms with van der Waals surface area (Å²) in [7, 11) is 3.65. The molecule has 1 aromatic carbocycles. The molecule has 2 heterocycles. The minimum Gasteiger partial charge on any atom is -0.476 e. The summed E-state index contributed by atoms with van der Waals surface area (Å²) in [4.78, 5) is 28.0. The summed E-state index contributed by atoms with van der Waals surface area (Å²) in [6.45, 7) is 1.63. The Hall–Kier alpha value is -2.38. The number of nitrogens with zero attached hydrogens (tertiary/aromatic N) is 4. The van der Waals surface area contributed by atoms with E-state index in [-0.39, 0.29) is 11.6 Å². The molecule has 1 aromatic heterocycles. The Bertz CT molecular complexity index is 831. The number of fused-ring (bicyclic) bond motifs is 1. The molecule has 1 aliphatic heterocycles. The van der Waals surface area contributed by atoms with Gasteiger partial charge in [0.25, 0.3) is 5.91 Å². The van der Waals surface area contributed by atoms with Crippen LogP contribution < -0.4 is 0 Å². The number of halogens is 1. The molecule has 1 N–H and O–H groups in total. The fourth-order valence-electron chi connectivity index (χ4n) is 2.99. The zero-order valence-corrected chi connectivity index (χ0v) is 14.8. The number of carboxylic acid groups (broad SMARTS) is 1. The first-order valence-electron chi connectivity index (χ1n) is 7.89. The molecule has 0 aliphatic carbocycles. The monoisotopic (exact) mass is 362 g/mol. The lowest BCUT2D eigenvalue weighted by Crippen LogP contribution is -2.40. The Labute approximate surface area is 150 Å². The molecule has 0 fully saturated rings. The molecule has 8 heteroatoms. The van der Waals surface area contributed by atoms with E-state index in [1.807, 2.05) is 37.2 Å². The summed E-state index contributed by atoms with van der Waals surface area (Å²) in [5.74, 6) is -1.34. The molecule has 1 amide bonds. The van der Waals surface area contributed by atoms with E-state index in [1.165, 1.54) is 4.68 Å². The van der Waals surface area contributed by atoms with Crippen LogP contribution in [0.25, 0.3) is 0 Å². The number of hydrogen-bond acceptors (Lipinski definition) is 4. The molecule has 0 unspecified atom stereocenters. The molecule has 1 aliphatic rings. The van der Waals surface area contributed by atoms with Gasteiger partial charge in [-0.25, -0.2) is 4.79 Å². The standard InChI is InChI=1S/C17H19ClN4O3/c1-20(2)10-12-14(17(24)25)19-22-8-7-21(16(23)15(12)22)9-11-5-3-4-6-13(11)18/h3-6H,7-10H2,1-2H3,(H,24,25). The van der Waals surface area contributed by atoms with E-state index < -0.39 is 5.97 Å². The van der Waals surface area contributed by atoms with Crippen LogP contribution in [0.15, 0.2) is 24.3 Å². The van der Waals surface area contributed by atoms with E-state index in [2.05, 4.69) is 5.10 Å². The number of rotatable bonds is 5. The predicted octanol–water partition coefficient (Wildman–Crippen LogP) is 1.95. The maximum atomic E-state index is 13.0. The first kappa shape index (κ1) is 17.4. The average molecular weight is 363 g/mol. The van der Waals surface area contributed by atoms with Crippen molar-refractivity contribution in [1.82, 2.24) is 19.6 Å². The molecule has 25 heavy (non-hydrogen) atoms. The second kappa shape index (κ2) is 6.85. The SMILES string of the molecule is CN(C)Cc1c(C(=O)O)nn2c1C(=O)N(Cc1ccccc1Cl)CC2. The highest BCUT2D eigenvalue weighted by Gasteiger charge is 2.33. The number of carbonyl (C=O) groups excluding carboxylic acids is 1. The zero-order chi connectivity index (χ0) is 18.1. The summed E-state index contributed by atoms with van der Waals surface area (Å²) in [6, 6.07) is 7.38. The maximum absolute atomic E-state index is 13.0. The lowest BCUT2D eigenvalue weighted by molar-refractivity contribution is 0.0670. The van der Waals surface area contributed by atoms with Gasteiger partial charge in [-0.2, -0.15) is 5.10 Å². The lowest BCUT2D eigenvalue weighted by Gasteiger charge is -2.28. The highest BCUT2D eigenvalue weighted by atomic mass is 35.5. The summed E-state index contributed by atoms with van der Waals surface area (Å²) in [6.07, 6.45) is 0. The van der Waals surface area contributed by atoms with Crippen molar-refractivity contribution in [3.8, 4) is 0 Å². The number of amides is 1. The van der Waals surface area contributed by atoms with Crippen molar-refractivity contribution < 1.29 is 14.7 Å². The Morgan fingerprint density at radius 1 is 1.32 bits per heavy atom. The van der Waals surface area contributed by atoms with Gasteiger partial charge in [0.2, 0.25) is 0 Å². The summed E-state index contributed by atoms with van der Waals surface area (Å²) >= 11 is 6.20. The number of aromatic nitrogens is 2. The number of hydrogen-bond donors (Lipinski definition) is 1. The number of carbonyl (C=O) groups is 2. The van der Waals surface area contributed by atoms with E-state index in [0.29, 0.717) is 42.5 Å². The molecule has 0 atom stereocenters. The zero-order valence-electron chi connectivity index (χ0n) is 14.1. The summed E-state index contributed by atoms with van der Waals surface area (Å²) in [5, 5.41) is 14.2. The second-order valence-corrected chi connectivity index (χ2v) is 6.67. The highest BCUT2D eigenvalue weighted by molar-refractivity contribution is 6.31. The van der Waals surface area contributed by atoms with Gasteiger partial charge < -0.3 is 14.9 Å². The predicted molar refractivity (Wildman–Crippen MR) is 92.8 cm³/mol. The smallest absolute Gasteiger partial charge is 0.356 e. The van der Waals surface area contributed by atoms with Gasteiger partial charge in [0.15, 0.2) is 5.69 Å². The Kier molecular flexibility index (Phi) is 4.78. The van der Waals surface area contributed by atoms with E-state index in [0.717, 1.165) is 5.56 Å². The average Bonchev–Trinajstić information content (AvgIpc) is 2.91. The van der Waals surface area contributed by atoms with Gasteiger partial charge in [-0.3, -0.25) is 9.48 Å². The molecule has 2 aromatic rings. The third kappa shape index (κ3) is 3.38. The Balaban J connectivity index is 1.96. The molecule has 132 valence electrons. The minimum absolute atomic E-state index is 0.0587. The van der Waals surface area contributed by atoms with Gasteiger partial charge in [-0.05, 0) is 25.7 Å². The van der Waals surface area contributed by atoms with Crippen LogP contribution in [0.3, 0.4) is 0 Å². The molecular weight excluding hydrogens is 344 g/mol. The summed E-state index contributed by atoms with van der Waals surface area (Å²) < 4.78 is 1.51. The Morgan fingerprint density at radius 3 is 2.68 bits per heavy atom. The van der Waals surface area contributed by atoms with Crippen molar-refractivity contribution in [3.05, 3.63) is 51.8 Å². The molecule has 0 saturated heterocycles. The first-order valence-corrected chi connectivity index (χ1v) is 8.26. The first-order chi connectivity index (χ1) is 11.9. The lowest BCUT2D eigenvalue weighted by atomic mass is 10.1. The number of aromatic carboxylic acids is 1. The summed E-state index contributed by atoms with van der Waals surface area (Å²) in [5.41, 5.74) is 1.60. The third-order valence-electron chi connectivity index (χ3n) is 4.12. The molecule has 3 rings (SSSR count). The normalized spacial score (nSPS) is 14.1. The maximum Gasteiger partial charge on any atom is 0.356 e. The van der Waals surface area contributed by atoms with E-state index in [9.17, 15) is 14.7 Å². The molecule has 7 nitrogen and oxygen atoms in total. The molecule has 0 radical (unpaired) electrons. The van der Waals surface area contributed by atoms with Crippen LogP contribution in [0, 0.1) is 0 Å². The van der Waals surface area contributed by atoms with Crippen LogP contribution in [0.2, 0.25) is 5.02 Å². The quantitative estimate of drug-likeness (QED) is 0.879. The van der Waals surface area contributed by atoms with E-state index in [1.54, 1.807) is 11.0 Å². The van der Waals surface area contributed by atoms with Crippen molar-refractivity contribution in [2.24, 2.45) is 0 Å². The van der Waals surface area contributed by atoms with Crippen molar-refractivity contribution >= 4 is 23.5 Å². The van der Waals surface area contributed by atoms with Crippen LogP contribution in [0.1, 0.15) is 32.1 Å². The number of benzene rings is 1. The van der Waals surface area contributed by atoms with Crippen LogP contribution in [0.5, 0.6) is 0 Å². The Morgan fingerprint density at radius 2 is 2.04 bits per heavy atom. The number of carboxylic acids is 1. The molecule has 0 spiro atoms. The molecular formula is C17H19ClN4O3. The van der Waals surface area contributed by atoms with E-state index in [4.69, 9.17) is 11.6 Å². The van der Waals surface area contributed by atoms with Gasteiger partial charge in [0, 0.05) is 30.2 Å². The molecule has 0 saturated carbocycles. The van der Waals surface area contributed by atoms with Crippen LogP contribution >= 0.6 is 11.6 Å². The van der Waals surface area contributed by atoms with Crippen LogP contribution in [-0.4, -0.2) is 57.2 Å². The van der Waals surface area contributed by atoms with Gasteiger partial charge in [0.1, 0.15) is 5.69 Å². The van der Waals surface area contributed by atoms with Crippen molar-refractivity contribution in [1.29, 1.82) is 0 Å². The van der Waals surface area contributed by atoms with Crippen LogP contribution in [-0.2, 0) is 19.6 Å². The topological polar surface area (TPSA) is 78.7 Å². The van der Waals surface area contributed by atoms with Crippen LogP contribution in [0.4, 0.5) is 0 Å². The van der Waals surface area contributed by atoms with Crippen molar-refractivity contribution in [2.45, 2.75) is 19.6 Å². The van der Waals surface area contributed by atoms with Gasteiger partial charge in [-0.1, -0.05) is 29.8 Å². The fraction of sp³-hybridized carbons (Fsp3) is 0.353. The van der Waals surface area contributed by atoms with Crippen molar-refractivity contribution in [3.63, 3.8) is 0 Å². The molecule has 0 bridgehead atoms. The van der Waals surface area contributed by atoms with Gasteiger partial charge in [0.05, 0.1) is 6.54 Å². The fourth-order valence-corrected chi connectivity index (χ4v) is 3.18. The second-order valence-electron chi connectivity index (χ2n) is 6.26. The highest BCUT2D eigenvalue weighted by Crippen LogP contribution is 2.24. The van der Waals surface area contributed by atoms with Gasteiger partial charge >= 0.3 is 5.97 Å². The largest absolute Gasteiger partial charge is 0.476 e. The van der Waals surface area contributed by atoms with Gasteiger partial charge in [-0.15, -0.1) is 0 Å². The third-order valence-corrected chi connectivity index (χ3v) is 4.49. The van der Waals surface area contributed by atoms with Crippen molar-refractivity contribution in [2.75, 3.05) is 20.6 Å². The van der Waals surface area contributed by atoms with E-state index >= 15 is 0 Å². The minimum atomic E-state index is -1.12.